The van der Waals surface area contributed by atoms with Gasteiger partial charge in [0.1, 0.15) is 11.6 Å². The van der Waals surface area contributed by atoms with Crippen LogP contribution in [0, 0.1) is 11.6 Å². The molecule has 1 aromatic carbocycles. The zero-order valence-corrected chi connectivity index (χ0v) is 10.8. The number of aromatic nitrogens is 4. The molecule has 1 heterocycles. The van der Waals surface area contributed by atoms with Crippen LogP contribution in [-0.2, 0) is 13.5 Å². The Morgan fingerprint density at radius 3 is 2.53 bits per heavy atom. The SMILES string of the molecule is CCNC(Cc1nnn(C)n1)c1c(F)cccc1F. The minimum atomic E-state index is -0.574. The van der Waals surface area contributed by atoms with Crippen molar-refractivity contribution < 1.29 is 8.78 Å². The highest BCUT2D eigenvalue weighted by Crippen LogP contribution is 2.23. The van der Waals surface area contributed by atoms with Crippen molar-refractivity contribution in [3.05, 3.63) is 41.2 Å². The van der Waals surface area contributed by atoms with Gasteiger partial charge in [-0.25, -0.2) is 8.78 Å². The summed E-state index contributed by atoms with van der Waals surface area (Å²) in [5.74, 6) is -0.708. The lowest BCUT2D eigenvalue weighted by Crippen LogP contribution is -2.25. The Hall–Kier alpha value is -1.89. The first-order valence-electron chi connectivity index (χ1n) is 6.02. The van der Waals surface area contributed by atoms with Crippen LogP contribution in [0.2, 0.25) is 0 Å². The van der Waals surface area contributed by atoms with Gasteiger partial charge in [-0.3, -0.25) is 0 Å². The molecule has 0 amide bonds. The molecular formula is C12H15F2N5. The van der Waals surface area contributed by atoms with Crippen LogP contribution in [0.1, 0.15) is 24.4 Å². The maximum absolute atomic E-state index is 13.8. The average Bonchev–Trinajstić information content (AvgIpc) is 2.75. The van der Waals surface area contributed by atoms with Gasteiger partial charge < -0.3 is 5.32 Å². The van der Waals surface area contributed by atoms with E-state index in [4.69, 9.17) is 0 Å². The van der Waals surface area contributed by atoms with Gasteiger partial charge in [0.25, 0.3) is 0 Å². The van der Waals surface area contributed by atoms with Gasteiger partial charge in [-0.15, -0.1) is 10.2 Å². The van der Waals surface area contributed by atoms with Crippen LogP contribution in [0.3, 0.4) is 0 Å². The van der Waals surface area contributed by atoms with Crippen molar-refractivity contribution in [2.24, 2.45) is 7.05 Å². The van der Waals surface area contributed by atoms with Crippen molar-refractivity contribution in [2.75, 3.05) is 6.54 Å². The zero-order chi connectivity index (χ0) is 13.8. The number of hydrogen-bond acceptors (Lipinski definition) is 4. The fourth-order valence-electron chi connectivity index (χ4n) is 1.95. The number of aryl methyl sites for hydroxylation is 1. The van der Waals surface area contributed by atoms with Crippen molar-refractivity contribution in [3.63, 3.8) is 0 Å². The Balaban J connectivity index is 2.29. The smallest absolute Gasteiger partial charge is 0.176 e. The first-order chi connectivity index (χ1) is 9.11. The third kappa shape index (κ3) is 3.11. The molecule has 5 nitrogen and oxygen atoms in total. The second kappa shape index (κ2) is 5.83. The van der Waals surface area contributed by atoms with E-state index in [0.717, 1.165) is 0 Å². The molecule has 0 aliphatic heterocycles. The molecule has 1 unspecified atom stereocenters. The Kier molecular flexibility index (Phi) is 4.16. The van der Waals surface area contributed by atoms with E-state index in [0.29, 0.717) is 12.4 Å². The van der Waals surface area contributed by atoms with Gasteiger partial charge in [-0.2, -0.15) is 4.80 Å². The van der Waals surface area contributed by atoms with E-state index in [-0.39, 0.29) is 12.0 Å². The second-order valence-electron chi connectivity index (χ2n) is 4.14. The van der Waals surface area contributed by atoms with Gasteiger partial charge in [0.05, 0.1) is 7.05 Å². The van der Waals surface area contributed by atoms with Crippen LogP contribution in [0.15, 0.2) is 18.2 Å². The summed E-state index contributed by atoms with van der Waals surface area (Å²) in [7, 11) is 1.64. The maximum atomic E-state index is 13.8. The summed E-state index contributed by atoms with van der Waals surface area (Å²) >= 11 is 0. The highest BCUT2D eigenvalue weighted by atomic mass is 19.1. The largest absolute Gasteiger partial charge is 0.310 e. The van der Waals surface area contributed by atoms with Gasteiger partial charge in [0.2, 0.25) is 0 Å². The minimum absolute atomic E-state index is 0.0109. The number of tetrazole rings is 1. The molecule has 19 heavy (non-hydrogen) atoms. The summed E-state index contributed by atoms with van der Waals surface area (Å²) < 4.78 is 27.6. The van der Waals surface area contributed by atoms with E-state index >= 15 is 0 Å². The summed E-state index contributed by atoms with van der Waals surface area (Å²) in [4.78, 5) is 1.32. The van der Waals surface area contributed by atoms with Gasteiger partial charge in [-0.05, 0) is 23.9 Å². The Bertz CT molecular complexity index is 535. The van der Waals surface area contributed by atoms with Crippen LogP contribution in [-0.4, -0.2) is 26.8 Å². The van der Waals surface area contributed by atoms with Crippen molar-refractivity contribution >= 4 is 0 Å². The highest BCUT2D eigenvalue weighted by Gasteiger charge is 2.21. The van der Waals surface area contributed by atoms with Gasteiger partial charge in [0.15, 0.2) is 5.82 Å². The van der Waals surface area contributed by atoms with Gasteiger partial charge in [0, 0.05) is 18.0 Å². The lowest BCUT2D eigenvalue weighted by Gasteiger charge is -2.17. The van der Waals surface area contributed by atoms with Crippen molar-refractivity contribution in [3.8, 4) is 0 Å². The second-order valence-corrected chi connectivity index (χ2v) is 4.14. The van der Waals surface area contributed by atoms with Crippen LogP contribution < -0.4 is 5.32 Å². The quantitative estimate of drug-likeness (QED) is 0.889. The predicted molar refractivity (Wildman–Crippen MR) is 65.3 cm³/mol. The van der Waals surface area contributed by atoms with Crippen molar-refractivity contribution in [1.82, 2.24) is 25.5 Å². The molecule has 2 rings (SSSR count). The van der Waals surface area contributed by atoms with E-state index in [1.165, 1.54) is 23.0 Å². The van der Waals surface area contributed by atoms with Crippen molar-refractivity contribution in [2.45, 2.75) is 19.4 Å². The summed E-state index contributed by atoms with van der Waals surface area (Å²) in [6.45, 7) is 2.45. The molecule has 1 N–H and O–H groups in total. The molecule has 0 saturated heterocycles. The molecule has 2 aromatic rings. The molecular weight excluding hydrogens is 252 g/mol. The topological polar surface area (TPSA) is 55.6 Å². The lowest BCUT2D eigenvalue weighted by molar-refractivity contribution is 0.466. The normalized spacial score (nSPS) is 12.6. The van der Waals surface area contributed by atoms with Crippen LogP contribution in [0.5, 0.6) is 0 Å². The first-order valence-corrected chi connectivity index (χ1v) is 6.02. The number of halogens is 2. The molecule has 0 aliphatic carbocycles. The molecule has 0 spiro atoms. The molecule has 0 fully saturated rings. The number of nitrogens with zero attached hydrogens (tertiary/aromatic N) is 4. The van der Waals surface area contributed by atoms with Crippen LogP contribution >= 0.6 is 0 Å². The summed E-state index contributed by atoms with van der Waals surface area (Å²) in [6, 6.07) is 3.31. The van der Waals surface area contributed by atoms with E-state index in [2.05, 4.69) is 20.7 Å². The minimum Gasteiger partial charge on any atom is -0.310 e. The standard InChI is InChI=1S/C12H15F2N5/c1-3-15-10(7-11-16-18-19(2)17-11)12-8(13)5-4-6-9(12)14/h4-6,10,15H,3,7H2,1-2H3. The molecule has 0 bridgehead atoms. The number of nitrogens with one attached hydrogen (secondary N) is 1. The number of benzene rings is 1. The predicted octanol–water partition coefficient (Wildman–Crippen LogP) is 1.38. The molecule has 102 valence electrons. The first kappa shape index (κ1) is 13.5. The Morgan fingerprint density at radius 2 is 2.00 bits per heavy atom. The third-order valence-corrected chi connectivity index (χ3v) is 2.74. The van der Waals surface area contributed by atoms with E-state index in [9.17, 15) is 8.78 Å². The van der Waals surface area contributed by atoms with E-state index in [1.807, 2.05) is 6.92 Å². The Morgan fingerprint density at radius 1 is 1.32 bits per heavy atom. The summed E-state index contributed by atoms with van der Waals surface area (Å²) in [6.07, 6.45) is 0.277. The summed E-state index contributed by atoms with van der Waals surface area (Å²) in [5.41, 5.74) is 0.0109. The molecule has 0 saturated carbocycles. The molecule has 0 aliphatic rings. The van der Waals surface area contributed by atoms with Crippen LogP contribution in [0.25, 0.3) is 0 Å². The highest BCUT2D eigenvalue weighted by molar-refractivity contribution is 5.24. The fourth-order valence-corrected chi connectivity index (χ4v) is 1.95. The molecule has 0 radical (unpaired) electrons. The van der Waals surface area contributed by atoms with Crippen LogP contribution in [0.4, 0.5) is 8.78 Å². The molecule has 7 heteroatoms. The number of likely N-dealkylation sites (N-methyl/N-ethyl adjacent to an activating group) is 1. The number of rotatable bonds is 5. The molecule has 1 aromatic heterocycles. The Labute approximate surface area is 109 Å². The van der Waals surface area contributed by atoms with Gasteiger partial charge >= 0.3 is 0 Å². The maximum Gasteiger partial charge on any atom is 0.176 e. The zero-order valence-electron chi connectivity index (χ0n) is 10.8. The number of hydrogen-bond donors (Lipinski definition) is 1. The fraction of sp³-hybridized carbons (Fsp3) is 0.417. The van der Waals surface area contributed by atoms with Crippen molar-refractivity contribution in [1.29, 1.82) is 0 Å². The van der Waals surface area contributed by atoms with E-state index in [1.54, 1.807) is 7.05 Å². The molecule has 1 atom stereocenters. The monoisotopic (exact) mass is 267 g/mol. The average molecular weight is 267 g/mol. The summed E-state index contributed by atoms with van der Waals surface area (Å²) in [5, 5.41) is 14.6. The van der Waals surface area contributed by atoms with Gasteiger partial charge in [-0.1, -0.05) is 13.0 Å². The van der Waals surface area contributed by atoms with E-state index < -0.39 is 17.7 Å². The third-order valence-electron chi connectivity index (χ3n) is 2.74. The lowest BCUT2D eigenvalue weighted by atomic mass is 10.0.